The second-order valence-electron chi connectivity index (χ2n) is 3.68. The van der Waals surface area contributed by atoms with Gasteiger partial charge in [0.2, 0.25) is 0 Å². The van der Waals surface area contributed by atoms with Gasteiger partial charge in [0.15, 0.2) is 0 Å². The average Bonchev–Trinajstić information content (AvgIpc) is 2.71. The molecule has 4 heteroatoms. The molecule has 2 rings (SSSR count). The molecule has 0 aliphatic carbocycles. The van der Waals surface area contributed by atoms with Gasteiger partial charge in [-0.1, -0.05) is 12.1 Å². The summed E-state index contributed by atoms with van der Waals surface area (Å²) < 4.78 is 10.5. The Bertz CT molecular complexity index is 506. The van der Waals surface area contributed by atoms with Crippen molar-refractivity contribution in [3.8, 4) is 23.0 Å². The Balaban J connectivity index is 2.37. The molecule has 0 spiro atoms. The van der Waals surface area contributed by atoms with Crippen LogP contribution in [0.3, 0.4) is 0 Å². The monoisotopic (exact) mass is 232 g/mol. The Labute approximate surface area is 101 Å². The first-order chi connectivity index (χ1) is 8.24. The van der Waals surface area contributed by atoms with Crippen LogP contribution in [0, 0.1) is 6.92 Å². The van der Waals surface area contributed by atoms with Gasteiger partial charge >= 0.3 is 0 Å². The van der Waals surface area contributed by atoms with E-state index in [1.165, 1.54) is 0 Å². The fraction of sp³-hybridized carbons (Fsp3) is 0.308. The minimum atomic E-state index is 0.527. The van der Waals surface area contributed by atoms with Crippen LogP contribution in [0.15, 0.2) is 24.3 Å². The van der Waals surface area contributed by atoms with Crippen molar-refractivity contribution in [2.45, 2.75) is 13.8 Å². The van der Waals surface area contributed by atoms with E-state index in [1.807, 2.05) is 38.1 Å². The van der Waals surface area contributed by atoms with Crippen molar-refractivity contribution >= 4 is 0 Å². The number of hydrogen-bond donors (Lipinski definition) is 1. The number of nitrogens with one attached hydrogen (secondary N) is 1. The number of aromatic nitrogens is 2. The number of benzene rings is 1. The zero-order chi connectivity index (χ0) is 12.3. The number of imidazole rings is 1. The molecule has 4 nitrogen and oxygen atoms in total. The molecular weight excluding hydrogens is 216 g/mol. The van der Waals surface area contributed by atoms with Crippen molar-refractivity contribution in [2.75, 3.05) is 13.7 Å². The van der Waals surface area contributed by atoms with E-state index in [0.29, 0.717) is 12.6 Å². The summed E-state index contributed by atoms with van der Waals surface area (Å²) in [5.74, 6) is 0.853. The van der Waals surface area contributed by atoms with Crippen LogP contribution in [0.5, 0.6) is 11.8 Å². The standard InChI is InChI=1S/C13H16N2O2/c1-4-17-11-7-5-6-10(8-11)12-9(2)14-13(15-12)16-3/h5-8H,4H2,1-3H3,(H,14,15). The van der Waals surface area contributed by atoms with Crippen LogP contribution in [-0.4, -0.2) is 23.7 Å². The van der Waals surface area contributed by atoms with E-state index in [0.717, 1.165) is 22.7 Å². The van der Waals surface area contributed by atoms with E-state index in [9.17, 15) is 0 Å². The molecule has 0 unspecified atom stereocenters. The number of ether oxygens (including phenoxy) is 2. The molecule has 0 amide bonds. The third-order valence-corrected chi connectivity index (χ3v) is 2.47. The molecule has 90 valence electrons. The van der Waals surface area contributed by atoms with Crippen LogP contribution in [0.4, 0.5) is 0 Å². The molecule has 0 saturated carbocycles. The van der Waals surface area contributed by atoms with Crippen molar-refractivity contribution in [1.82, 2.24) is 9.97 Å². The zero-order valence-corrected chi connectivity index (χ0v) is 10.3. The van der Waals surface area contributed by atoms with Gasteiger partial charge in [-0.2, -0.15) is 4.98 Å². The van der Waals surface area contributed by atoms with Crippen molar-refractivity contribution in [3.05, 3.63) is 30.0 Å². The highest BCUT2D eigenvalue weighted by Gasteiger charge is 2.09. The summed E-state index contributed by atoms with van der Waals surface area (Å²) in [7, 11) is 1.60. The summed E-state index contributed by atoms with van der Waals surface area (Å²) >= 11 is 0. The fourth-order valence-corrected chi connectivity index (χ4v) is 1.71. The van der Waals surface area contributed by atoms with Crippen molar-refractivity contribution in [3.63, 3.8) is 0 Å². The average molecular weight is 232 g/mol. The van der Waals surface area contributed by atoms with E-state index in [2.05, 4.69) is 9.97 Å². The van der Waals surface area contributed by atoms with Gasteiger partial charge < -0.3 is 14.5 Å². The molecule has 2 aromatic rings. The first kappa shape index (κ1) is 11.5. The number of H-pyrrole nitrogens is 1. The lowest BCUT2D eigenvalue weighted by atomic mass is 10.1. The Morgan fingerprint density at radius 2 is 2.18 bits per heavy atom. The molecule has 0 fully saturated rings. The topological polar surface area (TPSA) is 47.1 Å². The molecule has 1 aromatic carbocycles. The molecule has 0 radical (unpaired) electrons. The van der Waals surface area contributed by atoms with Crippen LogP contribution < -0.4 is 9.47 Å². The highest BCUT2D eigenvalue weighted by Crippen LogP contribution is 2.26. The summed E-state index contributed by atoms with van der Waals surface area (Å²) in [6.07, 6.45) is 0. The van der Waals surface area contributed by atoms with Crippen molar-refractivity contribution < 1.29 is 9.47 Å². The fourth-order valence-electron chi connectivity index (χ4n) is 1.71. The molecule has 1 aromatic heterocycles. The van der Waals surface area contributed by atoms with Gasteiger partial charge in [0.05, 0.1) is 19.4 Å². The summed E-state index contributed by atoms with van der Waals surface area (Å²) in [6.45, 7) is 4.60. The largest absolute Gasteiger partial charge is 0.494 e. The predicted molar refractivity (Wildman–Crippen MR) is 66.5 cm³/mol. The van der Waals surface area contributed by atoms with Gasteiger partial charge in [-0.25, -0.2) is 0 Å². The molecule has 0 saturated heterocycles. The Hall–Kier alpha value is -1.97. The van der Waals surface area contributed by atoms with Crippen LogP contribution in [0.25, 0.3) is 11.3 Å². The maximum atomic E-state index is 5.47. The molecule has 0 aliphatic heterocycles. The number of hydrogen-bond acceptors (Lipinski definition) is 3. The third-order valence-electron chi connectivity index (χ3n) is 2.47. The number of rotatable bonds is 4. The highest BCUT2D eigenvalue weighted by molar-refractivity contribution is 5.64. The second kappa shape index (κ2) is 4.91. The van der Waals surface area contributed by atoms with Gasteiger partial charge in [0.1, 0.15) is 5.75 Å². The minimum absolute atomic E-state index is 0.527. The normalized spacial score (nSPS) is 10.3. The van der Waals surface area contributed by atoms with Gasteiger partial charge in [-0.05, 0) is 26.0 Å². The maximum Gasteiger partial charge on any atom is 0.294 e. The van der Waals surface area contributed by atoms with Crippen LogP contribution >= 0.6 is 0 Å². The first-order valence-corrected chi connectivity index (χ1v) is 5.58. The lowest BCUT2D eigenvalue weighted by Gasteiger charge is -2.04. The molecule has 0 atom stereocenters. The minimum Gasteiger partial charge on any atom is -0.494 e. The molecule has 1 N–H and O–H groups in total. The summed E-state index contributed by atoms with van der Waals surface area (Å²) in [4.78, 5) is 7.44. The van der Waals surface area contributed by atoms with E-state index >= 15 is 0 Å². The second-order valence-corrected chi connectivity index (χ2v) is 3.68. The lowest BCUT2D eigenvalue weighted by molar-refractivity contribution is 0.340. The SMILES string of the molecule is CCOc1cccc(-c2nc(OC)[nH]c2C)c1. The summed E-state index contributed by atoms with van der Waals surface area (Å²) in [5, 5.41) is 0. The Morgan fingerprint density at radius 1 is 1.35 bits per heavy atom. The van der Waals surface area contributed by atoms with Gasteiger partial charge in [-0.15, -0.1) is 0 Å². The third kappa shape index (κ3) is 2.41. The number of nitrogens with zero attached hydrogens (tertiary/aromatic N) is 1. The summed E-state index contributed by atoms with van der Waals surface area (Å²) in [6, 6.07) is 8.41. The molecule has 17 heavy (non-hydrogen) atoms. The smallest absolute Gasteiger partial charge is 0.294 e. The van der Waals surface area contributed by atoms with E-state index in [-0.39, 0.29) is 0 Å². The number of aromatic amines is 1. The quantitative estimate of drug-likeness (QED) is 0.881. The van der Waals surface area contributed by atoms with E-state index in [1.54, 1.807) is 7.11 Å². The lowest BCUT2D eigenvalue weighted by Crippen LogP contribution is -1.91. The predicted octanol–water partition coefficient (Wildman–Crippen LogP) is 2.79. The summed E-state index contributed by atoms with van der Waals surface area (Å²) in [5.41, 5.74) is 2.90. The van der Waals surface area contributed by atoms with Gasteiger partial charge in [0.25, 0.3) is 6.01 Å². The number of methoxy groups -OCH3 is 1. The van der Waals surface area contributed by atoms with Crippen molar-refractivity contribution in [2.24, 2.45) is 0 Å². The molecule has 1 heterocycles. The van der Waals surface area contributed by atoms with Crippen molar-refractivity contribution in [1.29, 1.82) is 0 Å². The van der Waals surface area contributed by atoms with Crippen LogP contribution in [0.1, 0.15) is 12.6 Å². The zero-order valence-electron chi connectivity index (χ0n) is 10.3. The van der Waals surface area contributed by atoms with Gasteiger partial charge in [-0.3, -0.25) is 0 Å². The Kier molecular flexibility index (Phi) is 3.32. The van der Waals surface area contributed by atoms with Gasteiger partial charge in [0, 0.05) is 11.3 Å². The highest BCUT2D eigenvalue weighted by atomic mass is 16.5. The maximum absolute atomic E-state index is 5.47. The Morgan fingerprint density at radius 3 is 2.82 bits per heavy atom. The first-order valence-electron chi connectivity index (χ1n) is 5.58. The van der Waals surface area contributed by atoms with Crippen LogP contribution in [0.2, 0.25) is 0 Å². The molecular formula is C13H16N2O2. The van der Waals surface area contributed by atoms with E-state index in [4.69, 9.17) is 9.47 Å². The molecule has 0 bridgehead atoms. The number of aryl methyl sites for hydroxylation is 1. The van der Waals surface area contributed by atoms with E-state index < -0.39 is 0 Å². The molecule has 0 aliphatic rings. The van der Waals surface area contributed by atoms with Crippen LogP contribution in [-0.2, 0) is 0 Å².